The second-order valence-corrected chi connectivity index (χ2v) is 8.45. The molecule has 0 spiro atoms. The summed E-state index contributed by atoms with van der Waals surface area (Å²) in [4.78, 5) is 25.5. The van der Waals surface area contributed by atoms with Crippen LogP contribution < -0.4 is 5.32 Å². The van der Waals surface area contributed by atoms with Crippen LogP contribution in [0, 0.1) is 0 Å². The first-order chi connectivity index (χ1) is 14.4. The van der Waals surface area contributed by atoms with Crippen LogP contribution in [0.1, 0.15) is 40.9 Å². The summed E-state index contributed by atoms with van der Waals surface area (Å²) in [5.74, 6) is 0.441. The Morgan fingerprint density at radius 2 is 1.80 bits per heavy atom. The van der Waals surface area contributed by atoms with E-state index in [1.807, 2.05) is 0 Å². The average molecular weight is 429 g/mol. The van der Waals surface area contributed by atoms with Gasteiger partial charge in [0.15, 0.2) is 5.54 Å². The van der Waals surface area contributed by atoms with Crippen LogP contribution in [0.4, 0.5) is 0 Å². The van der Waals surface area contributed by atoms with Gasteiger partial charge in [0.2, 0.25) is 0 Å². The second-order valence-electron chi connectivity index (χ2n) is 6.56. The molecule has 0 saturated heterocycles. The van der Waals surface area contributed by atoms with Crippen LogP contribution >= 0.6 is 7.60 Å². The predicted octanol–water partition coefficient (Wildman–Crippen LogP) is 4.08. The lowest BCUT2D eigenvalue weighted by atomic mass is 9.83. The first kappa shape index (κ1) is 22.0. The molecule has 0 radical (unpaired) electrons. The predicted molar refractivity (Wildman–Crippen MR) is 113 cm³/mol. The highest BCUT2D eigenvalue weighted by atomic mass is 31.2. The Morgan fingerprint density at radius 3 is 2.47 bits per heavy atom. The van der Waals surface area contributed by atoms with Crippen molar-refractivity contribution in [2.24, 2.45) is 0 Å². The summed E-state index contributed by atoms with van der Waals surface area (Å²) in [7, 11) is -2.09. The third-order valence-electron chi connectivity index (χ3n) is 4.76. The number of ether oxygens (including phenoxy) is 1. The maximum absolute atomic E-state index is 12.9. The number of amides is 1. The normalized spacial score (nSPS) is 18.3. The summed E-state index contributed by atoms with van der Waals surface area (Å²) in [5, 5.41) is 2.80. The van der Waals surface area contributed by atoms with Crippen LogP contribution in [0.2, 0.25) is 0 Å². The van der Waals surface area contributed by atoms with E-state index >= 15 is 0 Å². The van der Waals surface area contributed by atoms with Gasteiger partial charge in [0.05, 0.1) is 20.3 Å². The van der Waals surface area contributed by atoms with Crippen molar-refractivity contribution < 1.29 is 27.9 Å². The van der Waals surface area contributed by atoms with Crippen LogP contribution in [0.15, 0.2) is 54.3 Å². The molecular weight excluding hydrogens is 405 g/mol. The van der Waals surface area contributed by atoms with E-state index in [0.717, 1.165) is 0 Å². The molecule has 158 valence electrons. The molecule has 7 nitrogen and oxygen atoms in total. The van der Waals surface area contributed by atoms with E-state index in [2.05, 4.69) is 5.32 Å². The van der Waals surface area contributed by atoms with Gasteiger partial charge in [-0.25, -0.2) is 4.79 Å². The average Bonchev–Trinajstić information content (AvgIpc) is 3.06. The number of fused-ring (bicyclic) bond motifs is 1. The molecule has 1 N–H and O–H groups in total. The van der Waals surface area contributed by atoms with Crippen LogP contribution in [-0.4, -0.2) is 32.2 Å². The van der Waals surface area contributed by atoms with E-state index in [9.17, 15) is 14.2 Å². The van der Waals surface area contributed by atoms with E-state index in [-0.39, 0.29) is 19.1 Å². The van der Waals surface area contributed by atoms with Gasteiger partial charge in [0.1, 0.15) is 0 Å². The minimum atomic E-state index is -3.37. The largest absolute Gasteiger partial charge is 0.467 e. The van der Waals surface area contributed by atoms with Gasteiger partial charge in [-0.2, -0.15) is 0 Å². The molecule has 1 unspecified atom stereocenters. The molecular formula is C22H24NO6P. The van der Waals surface area contributed by atoms with Crippen LogP contribution in [0.25, 0.3) is 6.08 Å². The van der Waals surface area contributed by atoms with Crippen molar-refractivity contribution in [2.75, 3.05) is 20.3 Å². The minimum Gasteiger partial charge on any atom is -0.467 e. The van der Waals surface area contributed by atoms with Crippen molar-refractivity contribution in [1.29, 1.82) is 0 Å². The van der Waals surface area contributed by atoms with Crippen molar-refractivity contribution in [3.63, 3.8) is 0 Å². The van der Waals surface area contributed by atoms with Gasteiger partial charge in [-0.15, -0.1) is 0 Å². The van der Waals surface area contributed by atoms with Crippen molar-refractivity contribution in [3.8, 4) is 0 Å². The first-order valence-corrected chi connectivity index (χ1v) is 11.2. The summed E-state index contributed by atoms with van der Waals surface area (Å²) >= 11 is 0. The van der Waals surface area contributed by atoms with Gasteiger partial charge in [0, 0.05) is 16.9 Å². The third kappa shape index (κ3) is 3.97. The molecule has 0 fully saturated rings. The quantitative estimate of drug-likeness (QED) is 0.502. The highest BCUT2D eigenvalue weighted by Gasteiger charge is 2.51. The molecule has 2 aromatic rings. The van der Waals surface area contributed by atoms with E-state index < -0.39 is 19.1 Å². The summed E-state index contributed by atoms with van der Waals surface area (Å²) in [5.41, 5.74) is 0.667. The molecule has 3 rings (SSSR count). The van der Waals surface area contributed by atoms with Crippen molar-refractivity contribution in [2.45, 2.75) is 19.4 Å². The maximum Gasteiger partial charge on any atom is 0.354 e. The Kier molecular flexibility index (Phi) is 6.56. The fourth-order valence-electron chi connectivity index (χ4n) is 3.51. The van der Waals surface area contributed by atoms with Gasteiger partial charge < -0.3 is 19.1 Å². The van der Waals surface area contributed by atoms with Crippen molar-refractivity contribution in [1.82, 2.24) is 5.32 Å². The highest BCUT2D eigenvalue weighted by Crippen LogP contribution is 2.50. The molecule has 1 aliphatic heterocycles. The molecule has 2 aromatic carbocycles. The van der Waals surface area contributed by atoms with Gasteiger partial charge in [-0.3, -0.25) is 9.36 Å². The van der Waals surface area contributed by atoms with E-state index in [4.69, 9.17) is 13.8 Å². The molecule has 0 aromatic heterocycles. The second kappa shape index (κ2) is 8.96. The minimum absolute atomic E-state index is 0.246. The summed E-state index contributed by atoms with van der Waals surface area (Å²) < 4.78 is 28.3. The molecule has 0 bridgehead atoms. The molecule has 8 heteroatoms. The van der Waals surface area contributed by atoms with E-state index in [1.54, 1.807) is 68.5 Å². The number of benzene rings is 2. The molecule has 1 aliphatic rings. The Hall–Kier alpha value is -2.73. The topological polar surface area (TPSA) is 90.9 Å². The number of nitrogens with one attached hydrogen (secondary N) is 1. The number of hydrogen-bond donors (Lipinski definition) is 1. The number of hydrogen-bond acceptors (Lipinski definition) is 6. The first-order valence-electron chi connectivity index (χ1n) is 9.59. The number of rotatable bonds is 8. The Balaban J connectivity index is 2.07. The van der Waals surface area contributed by atoms with E-state index in [1.165, 1.54) is 12.9 Å². The molecule has 1 heterocycles. The fraction of sp³-hybridized carbons (Fsp3) is 0.273. The molecule has 30 heavy (non-hydrogen) atoms. The van der Waals surface area contributed by atoms with Gasteiger partial charge in [0.25, 0.3) is 5.91 Å². The lowest BCUT2D eigenvalue weighted by Gasteiger charge is -2.28. The van der Waals surface area contributed by atoms with Crippen LogP contribution in [-0.2, 0) is 28.7 Å². The third-order valence-corrected chi connectivity index (χ3v) is 6.51. The Bertz CT molecular complexity index is 1020. The molecule has 1 amide bonds. The summed E-state index contributed by atoms with van der Waals surface area (Å²) in [6, 6.07) is 13.9. The highest BCUT2D eigenvalue weighted by molar-refractivity contribution is 7.57. The Morgan fingerprint density at radius 1 is 1.10 bits per heavy atom. The SMILES string of the molecule is CCOP(=O)(/C=C/c1cccc(C2(C(=O)OC)NC(=O)c3ccccc32)c1)OCC. The number of carbonyl (C=O) groups is 2. The standard InChI is InChI=1S/C22H24NO6P/c1-4-28-30(26,29-5-2)14-13-16-9-8-10-17(15-16)22(21(25)27-3)19-12-7-6-11-18(19)20(24)23-22/h6-15H,4-5H2,1-3H3,(H,23,24)/b14-13+. The summed E-state index contributed by atoms with van der Waals surface area (Å²) in [6.45, 7) is 3.97. The van der Waals surface area contributed by atoms with Gasteiger partial charge in [-0.1, -0.05) is 36.4 Å². The van der Waals surface area contributed by atoms with Crippen molar-refractivity contribution >= 4 is 25.5 Å². The lowest BCUT2D eigenvalue weighted by Crippen LogP contribution is -2.48. The zero-order valence-electron chi connectivity index (χ0n) is 17.1. The van der Waals surface area contributed by atoms with Crippen molar-refractivity contribution in [3.05, 3.63) is 76.6 Å². The van der Waals surface area contributed by atoms with E-state index in [0.29, 0.717) is 22.3 Å². The number of carbonyl (C=O) groups excluding carboxylic acids is 2. The molecule has 0 saturated carbocycles. The van der Waals surface area contributed by atoms with Gasteiger partial charge >= 0.3 is 13.6 Å². The fourth-order valence-corrected chi connectivity index (χ4v) is 4.83. The molecule has 0 aliphatic carbocycles. The zero-order valence-corrected chi connectivity index (χ0v) is 18.0. The summed E-state index contributed by atoms with van der Waals surface area (Å²) in [6.07, 6.45) is 1.61. The maximum atomic E-state index is 12.9. The molecule has 1 atom stereocenters. The number of methoxy groups -OCH3 is 1. The number of esters is 1. The van der Waals surface area contributed by atoms with Crippen LogP contribution in [0.3, 0.4) is 0 Å². The van der Waals surface area contributed by atoms with Gasteiger partial charge in [-0.05, 0) is 43.2 Å². The lowest BCUT2D eigenvalue weighted by molar-refractivity contribution is -0.146. The van der Waals surface area contributed by atoms with Crippen LogP contribution in [0.5, 0.6) is 0 Å². The monoisotopic (exact) mass is 429 g/mol. The Labute approximate surface area is 175 Å². The zero-order chi connectivity index (χ0) is 21.8. The smallest absolute Gasteiger partial charge is 0.354 e.